The molecule has 1 fully saturated rings. The summed E-state index contributed by atoms with van der Waals surface area (Å²) in [5.41, 5.74) is 0.845. The summed E-state index contributed by atoms with van der Waals surface area (Å²) in [6.45, 7) is 1.57. The van der Waals surface area contributed by atoms with Gasteiger partial charge in [-0.2, -0.15) is 11.3 Å². The van der Waals surface area contributed by atoms with Crippen LogP contribution in [-0.4, -0.2) is 35.7 Å². The molecule has 0 saturated carbocycles. The van der Waals surface area contributed by atoms with Gasteiger partial charge in [0.1, 0.15) is 0 Å². The number of urea groups is 1. The molecule has 4 nitrogen and oxygen atoms in total. The highest BCUT2D eigenvalue weighted by molar-refractivity contribution is 7.08. The molecule has 1 unspecified atom stereocenters. The summed E-state index contributed by atoms with van der Waals surface area (Å²) in [7, 11) is 0. The molecule has 1 aliphatic rings. The highest BCUT2D eigenvalue weighted by Gasteiger charge is 2.25. The van der Waals surface area contributed by atoms with Gasteiger partial charge < -0.3 is 15.3 Å². The van der Waals surface area contributed by atoms with Gasteiger partial charge in [-0.25, -0.2) is 4.79 Å². The quantitative estimate of drug-likeness (QED) is 0.804. The van der Waals surface area contributed by atoms with Crippen LogP contribution in [0.25, 0.3) is 0 Å². The molecule has 1 atom stereocenters. The van der Waals surface area contributed by atoms with Crippen molar-refractivity contribution < 1.29 is 9.90 Å². The predicted molar refractivity (Wildman–Crippen MR) is 60.1 cm³/mol. The van der Waals surface area contributed by atoms with Gasteiger partial charge in [0.05, 0.1) is 5.69 Å². The fourth-order valence-corrected chi connectivity index (χ4v) is 2.29. The van der Waals surface area contributed by atoms with Crippen molar-refractivity contribution >= 4 is 23.1 Å². The molecule has 2 rings (SSSR count). The Morgan fingerprint density at radius 2 is 2.60 bits per heavy atom. The van der Waals surface area contributed by atoms with E-state index in [1.807, 2.05) is 16.8 Å². The summed E-state index contributed by atoms with van der Waals surface area (Å²) in [5.74, 6) is 0.248. The number of hydrogen-bond acceptors (Lipinski definition) is 3. The lowest BCUT2D eigenvalue weighted by atomic mass is 10.1. The zero-order valence-electron chi connectivity index (χ0n) is 8.35. The second kappa shape index (κ2) is 4.63. The summed E-state index contributed by atoms with van der Waals surface area (Å²) in [6.07, 6.45) is 0.896. The van der Waals surface area contributed by atoms with Gasteiger partial charge >= 0.3 is 6.03 Å². The second-order valence-electron chi connectivity index (χ2n) is 3.73. The smallest absolute Gasteiger partial charge is 0.321 e. The lowest BCUT2D eigenvalue weighted by Crippen LogP contribution is -2.33. The number of carbonyl (C=O) groups is 1. The normalized spacial score (nSPS) is 20.6. The number of rotatable bonds is 2. The van der Waals surface area contributed by atoms with E-state index in [1.54, 1.807) is 16.2 Å². The Morgan fingerprint density at radius 1 is 1.73 bits per heavy atom. The fraction of sp³-hybridized carbons (Fsp3) is 0.500. The van der Waals surface area contributed by atoms with E-state index in [-0.39, 0.29) is 18.6 Å². The van der Waals surface area contributed by atoms with Crippen LogP contribution in [0.2, 0.25) is 0 Å². The van der Waals surface area contributed by atoms with Gasteiger partial charge in [-0.3, -0.25) is 0 Å². The maximum absolute atomic E-state index is 11.7. The number of amides is 2. The SMILES string of the molecule is O=C(Nc1ccsc1)N1CCC(CO)C1. The van der Waals surface area contributed by atoms with E-state index in [0.29, 0.717) is 6.54 Å². The molecule has 2 heterocycles. The van der Waals surface area contributed by atoms with Crippen molar-refractivity contribution in [2.75, 3.05) is 25.0 Å². The number of carbonyl (C=O) groups excluding carboxylic acids is 1. The Hall–Kier alpha value is -1.07. The van der Waals surface area contributed by atoms with Crippen LogP contribution in [0.15, 0.2) is 16.8 Å². The molecule has 1 aromatic heterocycles. The summed E-state index contributed by atoms with van der Waals surface area (Å²) in [5, 5.41) is 15.6. The van der Waals surface area contributed by atoms with Gasteiger partial charge in [0.25, 0.3) is 0 Å². The molecule has 82 valence electrons. The standard InChI is InChI=1S/C10H14N2O2S/c13-6-8-1-3-12(5-8)10(14)11-9-2-4-15-7-9/h2,4,7-8,13H,1,3,5-6H2,(H,11,14). The Bertz CT molecular complexity index is 326. The van der Waals surface area contributed by atoms with E-state index < -0.39 is 0 Å². The zero-order valence-corrected chi connectivity index (χ0v) is 9.17. The first-order valence-electron chi connectivity index (χ1n) is 4.98. The minimum Gasteiger partial charge on any atom is -0.396 e. The summed E-state index contributed by atoms with van der Waals surface area (Å²) in [4.78, 5) is 13.5. The second-order valence-corrected chi connectivity index (χ2v) is 4.51. The molecule has 1 saturated heterocycles. The van der Waals surface area contributed by atoms with Gasteiger partial charge in [0.15, 0.2) is 0 Å². The van der Waals surface area contributed by atoms with Gasteiger partial charge in [0.2, 0.25) is 0 Å². The van der Waals surface area contributed by atoms with Crippen molar-refractivity contribution in [3.63, 3.8) is 0 Å². The van der Waals surface area contributed by atoms with Crippen molar-refractivity contribution in [2.24, 2.45) is 5.92 Å². The zero-order chi connectivity index (χ0) is 10.7. The Balaban J connectivity index is 1.87. The Kier molecular flexibility index (Phi) is 3.23. The lowest BCUT2D eigenvalue weighted by Gasteiger charge is -2.16. The van der Waals surface area contributed by atoms with E-state index in [9.17, 15) is 4.79 Å². The minimum absolute atomic E-state index is 0.0654. The van der Waals surface area contributed by atoms with Crippen LogP contribution in [0, 0.1) is 5.92 Å². The van der Waals surface area contributed by atoms with Crippen molar-refractivity contribution in [3.8, 4) is 0 Å². The molecule has 0 aliphatic carbocycles. The van der Waals surface area contributed by atoms with Crippen LogP contribution in [0.3, 0.4) is 0 Å². The van der Waals surface area contributed by atoms with Crippen LogP contribution in [0.5, 0.6) is 0 Å². The van der Waals surface area contributed by atoms with Crippen molar-refractivity contribution in [1.82, 2.24) is 4.90 Å². The molecule has 2 amide bonds. The maximum Gasteiger partial charge on any atom is 0.321 e. The first-order valence-corrected chi connectivity index (χ1v) is 5.93. The van der Waals surface area contributed by atoms with Crippen molar-refractivity contribution in [3.05, 3.63) is 16.8 Å². The van der Waals surface area contributed by atoms with Crippen molar-refractivity contribution in [2.45, 2.75) is 6.42 Å². The molecule has 0 aromatic carbocycles. The first kappa shape index (κ1) is 10.4. The monoisotopic (exact) mass is 226 g/mol. The number of anilines is 1. The van der Waals surface area contributed by atoms with Crippen molar-refractivity contribution in [1.29, 1.82) is 0 Å². The number of likely N-dealkylation sites (tertiary alicyclic amines) is 1. The number of hydrogen-bond donors (Lipinski definition) is 2. The van der Waals surface area contributed by atoms with Crippen LogP contribution in [-0.2, 0) is 0 Å². The van der Waals surface area contributed by atoms with E-state index in [0.717, 1.165) is 18.7 Å². The number of nitrogens with zero attached hydrogens (tertiary/aromatic N) is 1. The minimum atomic E-state index is -0.0654. The third kappa shape index (κ3) is 2.49. The maximum atomic E-state index is 11.7. The highest BCUT2D eigenvalue weighted by Crippen LogP contribution is 2.18. The van der Waals surface area contributed by atoms with E-state index in [2.05, 4.69) is 5.32 Å². The topological polar surface area (TPSA) is 52.6 Å². The first-order chi connectivity index (χ1) is 7.29. The van der Waals surface area contributed by atoms with Crippen LogP contribution in [0.1, 0.15) is 6.42 Å². The third-order valence-electron chi connectivity index (χ3n) is 2.60. The van der Waals surface area contributed by atoms with E-state index >= 15 is 0 Å². The molecule has 0 bridgehead atoms. The molecule has 1 aromatic rings. The number of nitrogens with one attached hydrogen (secondary N) is 1. The van der Waals surface area contributed by atoms with Crippen LogP contribution >= 0.6 is 11.3 Å². The number of thiophene rings is 1. The summed E-state index contributed by atoms with van der Waals surface area (Å²) < 4.78 is 0. The number of aliphatic hydroxyl groups excluding tert-OH is 1. The van der Waals surface area contributed by atoms with Crippen LogP contribution in [0.4, 0.5) is 10.5 Å². The largest absolute Gasteiger partial charge is 0.396 e. The number of aliphatic hydroxyl groups is 1. The summed E-state index contributed by atoms with van der Waals surface area (Å²) in [6, 6.07) is 1.81. The highest BCUT2D eigenvalue weighted by atomic mass is 32.1. The molecular formula is C10H14N2O2S. The van der Waals surface area contributed by atoms with E-state index in [1.165, 1.54) is 0 Å². The molecule has 1 aliphatic heterocycles. The van der Waals surface area contributed by atoms with Crippen LogP contribution < -0.4 is 5.32 Å². The molecule has 15 heavy (non-hydrogen) atoms. The van der Waals surface area contributed by atoms with Gasteiger partial charge in [0, 0.05) is 31.0 Å². The Labute approximate surface area is 92.5 Å². The molecule has 2 N–H and O–H groups in total. The molecule has 0 spiro atoms. The molecule has 0 radical (unpaired) electrons. The Morgan fingerprint density at radius 3 is 3.20 bits per heavy atom. The van der Waals surface area contributed by atoms with Gasteiger partial charge in [-0.15, -0.1) is 0 Å². The predicted octanol–water partition coefficient (Wildman–Crippen LogP) is 1.59. The van der Waals surface area contributed by atoms with E-state index in [4.69, 9.17) is 5.11 Å². The van der Waals surface area contributed by atoms with Gasteiger partial charge in [-0.1, -0.05) is 0 Å². The third-order valence-corrected chi connectivity index (χ3v) is 3.29. The lowest BCUT2D eigenvalue weighted by molar-refractivity contribution is 0.209. The molecule has 5 heteroatoms. The average molecular weight is 226 g/mol. The van der Waals surface area contributed by atoms with Gasteiger partial charge in [-0.05, 0) is 17.9 Å². The average Bonchev–Trinajstić information content (AvgIpc) is 2.86. The summed E-state index contributed by atoms with van der Waals surface area (Å²) >= 11 is 1.56. The molecular weight excluding hydrogens is 212 g/mol. The fourth-order valence-electron chi connectivity index (χ4n) is 1.70.